The molecule has 0 spiro atoms. The Morgan fingerprint density at radius 3 is 2.60 bits per heavy atom. The van der Waals surface area contributed by atoms with E-state index in [0.717, 1.165) is 18.7 Å². The Hall–Kier alpha value is -1.09. The molecule has 20 heavy (non-hydrogen) atoms. The monoisotopic (exact) mass is 278 g/mol. The average molecular weight is 278 g/mol. The van der Waals surface area contributed by atoms with Crippen LogP contribution in [0.5, 0.6) is 5.75 Å². The molecule has 114 valence electrons. The SMILES string of the molecule is CCCNC(CCC)CCc1cncc(OC(C)C)c1. The van der Waals surface area contributed by atoms with Crippen molar-refractivity contribution in [3.8, 4) is 5.75 Å². The molecule has 1 aromatic rings. The summed E-state index contributed by atoms with van der Waals surface area (Å²) in [5.74, 6) is 0.881. The first-order valence-electron chi connectivity index (χ1n) is 7.99. The summed E-state index contributed by atoms with van der Waals surface area (Å²) in [6.45, 7) is 9.66. The molecule has 1 heterocycles. The second-order valence-electron chi connectivity index (χ2n) is 5.67. The Morgan fingerprint density at radius 2 is 1.95 bits per heavy atom. The Labute approximate surface area is 124 Å². The number of ether oxygens (including phenoxy) is 1. The molecule has 0 aromatic carbocycles. The van der Waals surface area contributed by atoms with Gasteiger partial charge in [-0.05, 0) is 57.7 Å². The van der Waals surface area contributed by atoms with Crippen LogP contribution >= 0.6 is 0 Å². The fraction of sp³-hybridized carbons (Fsp3) is 0.706. The van der Waals surface area contributed by atoms with Gasteiger partial charge in [0.2, 0.25) is 0 Å². The Bertz CT molecular complexity index is 366. The van der Waals surface area contributed by atoms with E-state index in [0.29, 0.717) is 6.04 Å². The molecule has 3 nitrogen and oxygen atoms in total. The van der Waals surface area contributed by atoms with Crippen molar-refractivity contribution in [3.63, 3.8) is 0 Å². The van der Waals surface area contributed by atoms with Crippen LogP contribution in [0.25, 0.3) is 0 Å². The van der Waals surface area contributed by atoms with Crippen molar-refractivity contribution >= 4 is 0 Å². The molecule has 0 amide bonds. The molecule has 1 rings (SSSR count). The van der Waals surface area contributed by atoms with E-state index in [1.165, 1.54) is 31.2 Å². The molecule has 1 unspecified atom stereocenters. The lowest BCUT2D eigenvalue weighted by molar-refractivity contribution is 0.241. The second-order valence-corrected chi connectivity index (χ2v) is 5.67. The van der Waals surface area contributed by atoms with Crippen molar-refractivity contribution in [1.29, 1.82) is 0 Å². The van der Waals surface area contributed by atoms with Crippen molar-refractivity contribution < 1.29 is 4.74 Å². The molecule has 0 aliphatic rings. The third-order valence-electron chi connectivity index (χ3n) is 3.24. The van der Waals surface area contributed by atoms with Gasteiger partial charge < -0.3 is 10.1 Å². The molecular weight excluding hydrogens is 248 g/mol. The lowest BCUT2D eigenvalue weighted by Crippen LogP contribution is -2.30. The number of nitrogens with zero attached hydrogens (tertiary/aromatic N) is 1. The Balaban J connectivity index is 2.49. The zero-order valence-electron chi connectivity index (χ0n) is 13.5. The van der Waals surface area contributed by atoms with Crippen molar-refractivity contribution in [2.45, 2.75) is 71.9 Å². The zero-order valence-corrected chi connectivity index (χ0v) is 13.5. The van der Waals surface area contributed by atoms with Gasteiger partial charge in [-0.3, -0.25) is 4.98 Å². The first-order valence-corrected chi connectivity index (χ1v) is 7.99. The number of hydrogen-bond donors (Lipinski definition) is 1. The van der Waals surface area contributed by atoms with E-state index in [9.17, 15) is 0 Å². The average Bonchev–Trinajstić information content (AvgIpc) is 2.41. The minimum atomic E-state index is 0.200. The topological polar surface area (TPSA) is 34.2 Å². The van der Waals surface area contributed by atoms with Crippen LogP contribution in [0, 0.1) is 0 Å². The summed E-state index contributed by atoms with van der Waals surface area (Å²) in [6, 6.07) is 2.74. The molecule has 1 N–H and O–H groups in total. The van der Waals surface area contributed by atoms with E-state index in [1.807, 2.05) is 20.0 Å². The minimum absolute atomic E-state index is 0.200. The largest absolute Gasteiger partial charge is 0.489 e. The molecular formula is C17H30N2O. The summed E-state index contributed by atoms with van der Waals surface area (Å²) in [6.07, 6.45) is 9.85. The molecule has 1 aromatic heterocycles. The highest BCUT2D eigenvalue weighted by atomic mass is 16.5. The molecule has 0 aliphatic heterocycles. The molecule has 0 bridgehead atoms. The van der Waals surface area contributed by atoms with Crippen molar-refractivity contribution in [2.75, 3.05) is 6.54 Å². The summed E-state index contributed by atoms with van der Waals surface area (Å²) < 4.78 is 5.70. The van der Waals surface area contributed by atoms with Gasteiger partial charge in [-0.1, -0.05) is 20.3 Å². The smallest absolute Gasteiger partial charge is 0.138 e. The van der Waals surface area contributed by atoms with Gasteiger partial charge in [0, 0.05) is 12.2 Å². The van der Waals surface area contributed by atoms with E-state index in [2.05, 4.69) is 30.2 Å². The fourth-order valence-corrected chi connectivity index (χ4v) is 2.32. The molecule has 0 aliphatic carbocycles. The van der Waals surface area contributed by atoms with Crippen molar-refractivity contribution in [1.82, 2.24) is 10.3 Å². The van der Waals surface area contributed by atoms with Gasteiger partial charge in [0.25, 0.3) is 0 Å². The van der Waals surface area contributed by atoms with Gasteiger partial charge in [0.15, 0.2) is 0 Å². The molecule has 0 saturated carbocycles. The highest BCUT2D eigenvalue weighted by Crippen LogP contribution is 2.15. The second kappa shape index (κ2) is 9.76. The third kappa shape index (κ3) is 6.90. The van der Waals surface area contributed by atoms with Gasteiger partial charge in [-0.25, -0.2) is 0 Å². The molecule has 0 saturated heterocycles. The first kappa shape index (κ1) is 17.0. The number of hydrogen-bond acceptors (Lipinski definition) is 3. The normalized spacial score (nSPS) is 12.7. The van der Waals surface area contributed by atoms with Crippen LogP contribution in [-0.2, 0) is 6.42 Å². The van der Waals surface area contributed by atoms with E-state index >= 15 is 0 Å². The summed E-state index contributed by atoms with van der Waals surface area (Å²) in [7, 11) is 0. The van der Waals surface area contributed by atoms with E-state index in [1.54, 1.807) is 6.20 Å². The number of pyridine rings is 1. The van der Waals surface area contributed by atoms with Crippen LogP contribution in [0.4, 0.5) is 0 Å². The maximum Gasteiger partial charge on any atom is 0.138 e. The third-order valence-corrected chi connectivity index (χ3v) is 3.24. The summed E-state index contributed by atoms with van der Waals surface area (Å²) >= 11 is 0. The standard InChI is InChI=1S/C17H30N2O/c1-5-7-16(19-10-6-2)9-8-15-11-17(13-18-12-15)20-14(3)4/h11-14,16,19H,5-10H2,1-4H3. The maximum absolute atomic E-state index is 5.70. The minimum Gasteiger partial charge on any atom is -0.489 e. The molecule has 3 heteroatoms. The Kier molecular flexibility index (Phi) is 8.28. The van der Waals surface area contributed by atoms with Gasteiger partial charge in [-0.2, -0.15) is 0 Å². The number of aromatic nitrogens is 1. The predicted octanol–water partition coefficient (Wildman–Crippen LogP) is 3.97. The zero-order chi connectivity index (χ0) is 14.8. The number of rotatable bonds is 10. The fourth-order valence-electron chi connectivity index (χ4n) is 2.32. The van der Waals surface area contributed by atoms with Crippen LogP contribution in [0.1, 0.15) is 58.9 Å². The summed E-state index contributed by atoms with van der Waals surface area (Å²) in [5, 5.41) is 3.64. The molecule has 0 fully saturated rings. The van der Waals surface area contributed by atoms with Crippen LogP contribution in [0.3, 0.4) is 0 Å². The van der Waals surface area contributed by atoms with E-state index < -0.39 is 0 Å². The maximum atomic E-state index is 5.70. The Morgan fingerprint density at radius 1 is 1.15 bits per heavy atom. The number of aryl methyl sites for hydroxylation is 1. The quantitative estimate of drug-likeness (QED) is 0.703. The van der Waals surface area contributed by atoms with Crippen LogP contribution in [-0.4, -0.2) is 23.7 Å². The van der Waals surface area contributed by atoms with Gasteiger partial charge >= 0.3 is 0 Å². The summed E-state index contributed by atoms with van der Waals surface area (Å²) in [4.78, 5) is 4.28. The van der Waals surface area contributed by atoms with Crippen LogP contribution in [0.15, 0.2) is 18.5 Å². The summed E-state index contributed by atoms with van der Waals surface area (Å²) in [5.41, 5.74) is 1.27. The lowest BCUT2D eigenvalue weighted by atomic mass is 10.0. The predicted molar refractivity (Wildman–Crippen MR) is 85.3 cm³/mol. The van der Waals surface area contributed by atoms with E-state index in [-0.39, 0.29) is 6.10 Å². The highest BCUT2D eigenvalue weighted by Gasteiger charge is 2.08. The van der Waals surface area contributed by atoms with Crippen molar-refractivity contribution in [3.05, 3.63) is 24.0 Å². The first-order chi connectivity index (χ1) is 9.65. The highest BCUT2D eigenvalue weighted by molar-refractivity contribution is 5.23. The molecule has 1 atom stereocenters. The van der Waals surface area contributed by atoms with Crippen molar-refractivity contribution in [2.24, 2.45) is 0 Å². The molecule has 0 radical (unpaired) electrons. The lowest BCUT2D eigenvalue weighted by Gasteiger charge is -2.18. The van der Waals surface area contributed by atoms with Crippen LogP contribution in [0.2, 0.25) is 0 Å². The van der Waals surface area contributed by atoms with Gasteiger partial charge in [0.1, 0.15) is 5.75 Å². The number of nitrogens with one attached hydrogen (secondary N) is 1. The van der Waals surface area contributed by atoms with E-state index in [4.69, 9.17) is 4.74 Å². The van der Waals surface area contributed by atoms with Gasteiger partial charge in [-0.15, -0.1) is 0 Å². The van der Waals surface area contributed by atoms with Gasteiger partial charge in [0.05, 0.1) is 12.3 Å². The van der Waals surface area contributed by atoms with Crippen LogP contribution < -0.4 is 10.1 Å².